The first-order chi connectivity index (χ1) is 19.5. The summed E-state index contributed by atoms with van der Waals surface area (Å²) in [4.78, 5) is 37.3. The smallest absolute Gasteiger partial charge is 0.333 e. The molecule has 0 fully saturated rings. The maximum absolute atomic E-state index is 12.9. The topological polar surface area (TPSA) is 105 Å². The molecule has 2 amide bonds. The number of cyclic esters (lactones) is 1. The lowest BCUT2D eigenvalue weighted by atomic mass is 9.96. The van der Waals surface area contributed by atoms with Gasteiger partial charge in [-0.1, -0.05) is 97.0 Å². The number of carbonyl (C=O) groups is 3. The number of esters is 1. The van der Waals surface area contributed by atoms with Gasteiger partial charge in [0.15, 0.2) is 0 Å². The van der Waals surface area contributed by atoms with Gasteiger partial charge in [-0.15, -0.1) is 0 Å². The van der Waals surface area contributed by atoms with E-state index >= 15 is 0 Å². The van der Waals surface area contributed by atoms with Crippen molar-refractivity contribution in [2.75, 3.05) is 0 Å². The zero-order valence-electron chi connectivity index (χ0n) is 24.2. The molecule has 1 aromatic carbocycles. The van der Waals surface area contributed by atoms with Crippen molar-refractivity contribution in [2.24, 2.45) is 5.92 Å². The van der Waals surface area contributed by atoms with Crippen LogP contribution in [0.5, 0.6) is 0 Å². The zero-order chi connectivity index (χ0) is 30.2. The molecule has 1 aliphatic heterocycles. The summed E-state index contributed by atoms with van der Waals surface area (Å²) in [6, 6.07) is 8.63. The van der Waals surface area contributed by atoms with Crippen LogP contribution in [-0.2, 0) is 25.5 Å². The SMILES string of the molecule is CC1=CC[C@@H]([C@@H](C)/C=C(C)/C=C\C=C/C(=O)N[C@@H](Cc2ccccc2)C(=O)N/C=C\C[C@@H](O)C/C=C(\C)Cl)OC1=O. The van der Waals surface area contributed by atoms with E-state index in [9.17, 15) is 19.5 Å². The van der Waals surface area contributed by atoms with Gasteiger partial charge in [-0.05, 0) is 45.4 Å². The van der Waals surface area contributed by atoms with Gasteiger partial charge in [-0.3, -0.25) is 9.59 Å². The third kappa shape index (κ3) is 13.5. The molecule has 0 aliphatic carbocycles. The molecule has 1 heterocycles. The third-order valence-corrected chi connectivity index (χ3v) is 6.56. The standard InChI is InChI=1S/C33H41ClN2O5/c1-23(21-25(3)30-19-16-24(2)33(40)41-30)11-8-9-15-31(38)36-29(22-27-12-6-5-7-13-27)32(39)35-20-10-14-28(37)18-17-26(4)34/h5-13,15-17,20-21,25,28-30,37H,14,18-19,22H2,1-4H3,(H,35,39)(H,36,38)/b11-8-,15-9-,20-10-,23-21+,26-17+/t25-,28+,29-,30-/m0/s1. The van der Waals surface area contributed by atoms with Gasteiger partial charge in [0.2, 0.25) is 11.8 Å². The van der Waals surface area contributed by atoms with Crippen molar-refractivity contribution >= 4 is 29.4 Å². The molecular formula is C33H41ClN2O5. The monoisotopic (exact) mass is 580 g/mol. The molecule has 220 valence electrons. The minimum absolute atomic E-state index is 0.0430. The van der Waals surface area contributed by atoms with Crippen molar-refractivity contribution < 1.29 is 24.2 Å². The van der Waals surface area contributed by atoms with Crippen molar-refractivity contribution in [1.82, 2.24) is 10.6 Å². The summed E-state index contributed by atoms with van der Waals surface area (Å²) in [5, 5.41) is 16.1. The Labute approximate surface area is 248 Å². The molecule has 2 rings (SSSR count). The van der Waals surface area contributed by atoms with Crippen LogP contribution < -0.4 is 10.6 Å². The number of nitrogens with one attached hydrogen (secondary N) is 2. The Balaban J connectivity index is 1.94. The van der Waals surface area contributed by atoms with E-state index in [0.29, 0.717) is 36.3 Å². The van der Waals surface area contributed by atoms with Gasteiger partial charge >= 0.3 is 5.97 Å². The quantitative estimate of drug-likeness (QED) is 0.151. The normalized spacial score (nSPS) is 18.7. The summed E-state index contributed by atoms with van der Waals surface area (Å²) >= 11 is 5.79. The predicted molar refractivity (Wildman–Crippen MR) is 164 cm³/mol. The number of ether oxygens (including phenoxy) is 1. The minimum atomic E-state index is -0.798. The largest absolute Gasteiger partial charge is 0.458 e. The number of allylic oxidation sites excluding steroid dienone is 5. The lowest BCUT2D eigenvalue weighted by Gasteiger charge is -2.25. The molecule has 0 radical (unpaired) electrons. The molecule has 1 aliphatic rings. The molecule has 0 saturated carbocycles. The molecule has 41 heavy (non-hydrogen) atoms. The molecule has 1 aromatic rings. The van der Waals surface area contributed by atoms with E-state index in [2.05, 4.69) is 10.6 Å². The molecule has 0 aromatic heterocycles. The van der Waals surface area contributed by atoms with Crippen molar-refractivity contribution in [1.29, 1.82) is 0 Å². The van der Waals surface area contributed by atoms with Crippen LogP contribution >= 0.6 is 11.6 Å². The Hall–Kier alpha value is -3.68. The first-order valence-corrected chi connectivity index (χ1v) is 14.1. The van der Waals surface area contributed by atoms with Crippen LogP contribution in [0.25, 0.3) is 0 Å². The van der Waals surface area contributed by atoms with Gasteiger partial charge in [-0.25, -0.2) is 4.79 Å². The third-order valence-electron chi connectivity index (χ3n) is 6.41. The van der Waals surface area contributed by atoms with Crippen molar-refractivity contribution in [3.05, 3.63) is 107 Å². The Morgan fingerprint density at radius 2 is 1.85 bits per heavy atom. The van der Waals surface area contributed by atoms with Crippen molar-refractivity contribution in [2.45, 2.75) is 71.6 Å². The molecule has 0 spiro atoms. The highest BCUT2D eigenvalue weighted by Crippen LogP contribution is 2.22. The second-order valence-corrected chi connectivity index (χ2v) is 10.7. The number of hydrogen-bond acceptors (Lipinski definition) is 5. The molecule has 0 unspecified atom stereocenters. The predicted octanol–water partition coefficient (Wildman–Crippen LogP) is 5.58. The highest BCUT2D eigenvalue weighted by atomic mass is 35.5. The summed E-state index contributed by atoms with van der Waals surface area (Å²) < 4.78 is 5.48. The van der Waals surface area contributed by atoms with Gasteiger partial charge < -0.3 is 20.5 Å². The first kappa shape index (κ1) is 33.5. The number of halogens is 1. The number of aliphatic hydroxyl groups is 1. The number of carbonyl (C=O) groups excluding carboxylic acids is 3. The number of aliphatic hydroxyl groups excluding tert-OH is 1. The average molecular weight is 581 g/mol. The van der Waals surface area contributed by atoms with Crippen molar-refractivity contribution in [3.63, 3.8) is 0 Å². The Morgan fingerprint density at radius 3 is 2.54 bits per heavy atom. The van der Waals surface area contributed by atoms with E-state index in [1.807, 2.05) is 62.4 Å². The van der Waals surface area contributed by atoms with Gasteiger partial charge in [0.25, 0.3) is 0 Å². The fourth-order valence-electron chi connectivity index (χ4n) is 4.04. The second kappa shape index (κ2) is 17.9. The lowest BCUT2D eigenvalue weighted by Crippen LogP contribution is -2.46. The van der Waals surface area contributed by atoms with Gasteiger partial charge in [0.1, 0.15) is 12.1 Å². The summed E-state index contributed by atoms with van der Waals surface area (Å²) in [5.41, 5.74) is 2.51. The molecule has 7 nitrogen and oxygen atoms in total. The maximum atomic E-state index is 12.9. The Bertz CT molecular complexity index is 1210. The number of benzene rings is 1. The van der Waals surface area contributed by atoms with Crippen LogP contribution in [-0.4, -0.2) is 41.1 Å². The van der Waals surface area contributed by atoms with Crippen LogP contribution in [0, 0.1) is 5.92 Å². The molecule has 3 N–H and O–H groups in total. The minimum Gasteiger partial charge on any atom is -0.458 e. The van der Waals surface area contributed by atoms with Crippen LogP contribution in [0.3, 0.4) is 0 Å². The Kier molecular flexibility index (Phi) is 14.6. The molecule has 4 atom stereocenters. The fourth-order valence-corrected chi connectivity index (χ4v) is 4.13. The zero-order valence-corrected chi connectivity index (χ0v) is 24.9. The van der Waals surface area contributed by atoms with Gasteiger partial charge in [0.05, 0.1) is 6.10 Å². The summed E-state index contributed by atoms with van der Waals surface area (Å²) in [6.45, 7) is 7.44. The number of amides is 2. The lowest BCUT2D eigenvalue weighted by molar-refractivity contribution is -0.147. The van der Waals surface area contributed by atoms with Crippen LogP contribution in [0.1, 0.15) is 52.5 Å². The highest BCUT2D eigenvalue weighted by Gasteiger charge is 2.24. The van der Waals surface area contributed by atoms with E-state index in [1.165, 1.54) is 12.3 Å². The first-order valence-electron chi connectivity index (χ1n) is 13.8. The van der Waals surface area contributed by atoms with Crippen molar-refractivity contribution in [3.8, 4) is 0 Å². The maximum Gasteiger partial charge on any atom is 0.333 e. The molecule has 0 bridgehead atoms. The average Bonchev–Trinajstić information content (AvgIpc) is 2.93. The van der Waals surface area contributed by atoms with Gasteiger partial charge in [0, 0.05) is 35.4 Å². The Morgan fingerprint density at radius 1 is 1.15 bits per heavy atom. The summed E-state index contributed by atoms with van der Waals surface area (Å²) in [7, 11) is 0. The van der Waals surface area contributed by atoms with E-state index in [1.54, 1.807) is 38.2 Å². The molecular weight excluding hydrogens is 540 g/mol. The summed E-state index contributed by atoms with van der Waals surface area (Å²) in [6.07, 6.45) is 16.4. The highest BCUT2D eigenvalue weighted by molar-refractivity contribution is 6.29. The molecule has 8 heteroatoms. The summed E-state index contributed by atoms with van der Waals surface area (Å²) in [5.74, 6) is -1.00. The van der Waals surface area contributed by atoms with Crippen LogP contribution in [0.15, 0.2) is 101 Å². The number of rotatable bonds is 14. The van der Waals surface area contributed by atoms with Gasteiger partial charge in [-0.2, -0.15) is 0 Å². The van der Waals surface area contributed by atoms with E-state index in [4.69, 9.17) is 16.3 Å². The number of hydrogen-bond donors (Lipinski definition) is 3. The van der Waals surface area contributed by atoms with E-state index in [0.717, 1.165) is 11.1 Å². The molecule has 0 saturated heterocycles. The second-order valence-electron chi connectivity index (χ2n) is 10.1. The van der Waals surface area contributed by atoms with Crippen LogP contribution in [0.4, 0.5) is 0 Å². The fraction of sp³-hybridized carbons (Fsp3) is 0.364. The van der Waals surface area contributed by atoms with E-state index in [-0.39, 0.29) is 23.9 Å². The van der Waals surface area contributed by atoms with E-state index < -0.39 is 18.1 Å². The van der Waals surface area contributed by atoms with Crippen LogP contribution in [0.2, 0.25) is 0 Å².